The second kappa shape index (κ2) is 7.78. The topological polar surface area (TPSA) is 113 Å². The van der Waals surface area contributed by atoms with Crippen molar-refractivity contribution in [2.75, 3.05) is 13.2 Å². The maximum Gasteiger partial charge on any atom is 0.335 e. The Labute approximate surface area is 116 Å². The molecule has 0 aliphatic carbocycles. The Morgan fingerprint density at radius 3 is 2.65 bits per heavy atom. The van der Waals surface area contributed by atoms with Crippen molar-refractivity contribution in [2.45, 2.75) is 25.2 Å². The second-order valence-electron chi connectivity index (χ2n) is 4.33. The average Bonchev–Trinajstić information content (AvgIpc) is 2.74. The summed E-state index contributed by atoms with van der Waals surface area (Å²) in [6.45, 7) is 1.52. The lowest BCUT2D eigenvalue weighted by molar-refractivity contribution is -0.146. The van der Waals surface area contributed by atoms with Crippen LogP contribution < -0.4 is 0 Å². The molecule has 1 rings (SSSR count). The number of cyclic esters (lactones) is 1. The fourth-order valence-corrected chi connectivity index (χ4v) is 1.54. The Balaban J connectivity index is 2.35. The smallest absolute Gasteiger partial charge is 0.335 e. The van der Waals surface area contributed by atoms with Gasteiger partial charge >= 0.3 is 11.9 Å². The standard InChI is InChI=1S/C13H18O7/c1-2-3-9(14)10(15)4-5-11(16)19-6-8-7-20-13(18)12(8)17/h2-5,8-10,12,14-15,17H,6-7H2,1H3/b3-2+,5-4+/t8-,9-,10+,12-/m0/s1. The second-order valence-corrected chi connectivity index (χ2v) is 4.33. The summed E-state index contributed by atoms with van der Waals surface area (Å²) in [6.07, 6.45) is 1.40. The van der Waals surface area contributed by atoms with E-state index in [1.807, 2.05) is 0 Å². The van der Waals surface area contributed by atoms with E-state index in [4.69, 9.17) is 4.74 Å². The van der Waals surface area contributed by atoms with Gasteiger partial charge in [-0.2, -0.15) is 0 Å². The number of aliphatic hydroxyl groups is 3. The van der Waals surface area contributed by atoms with Crippen molar-refractivity contribution in [3.63, 3.8) is 0 Å². The highest BCUT2D eigenvalue weighted by Crippen LogP contribution is 2.15. The highest BCUT2D eigenvalue weighted by molar-refractivity contribution is 5.82. The molecular formula is C13H18O7. The van der Waals surface area contributed by atoms with E-state index in [-0.39, 0.29) is 13.2 Å². The Morgan fingerprint density at radius 2 is 2.10 bits per heavy atom. The minimum Gasteiger partial charge on any atom is -0.463 e. The molecule has 0 saturated carbocycles. The molecule has 0 unspecified atom stereocenters. The Morgan fingerprint density at radius 1 is 1.45 bits per heavy atom. The molecule has 7 nitrogen and oxygen atoms in total. The third-order valence-corrected chi connectivity index (χ3v) is 2.74. The predicted octanol–water partition coefficient (Wildman–Crippen LogP) is -1.08. The Hall–Kier alpha value is -1.70. The molecule has 1 heterocycles. The van der Waals surface area contributed by atoms with Gasteiger partial charge in [0, 0.05) is 6.08 Å². The van der Waals surface area contributed by atoms with Crippen molar-refractivity contribution in [2.24, 2.45) is 5.92 Å². The van der Waals surface area contributed by atoms with Crippen molar-refractivity contribution in [3.05, 3.63) is 24.3 Å². The fraction of sp³-hybridized carbons (Fsp3) is 0.538. The number of hydrogen-bond donors (Lipinski definition) is 3. The van der Waals surface area contributed by atoms with Crippen LogP contribution in [0.25, 0.3) is 0 Å². The van der Waals surface area contributed by atoms with Crippen LogP contribution in [0.5, 0.6) is 0 Å². The molecule has 1 fully saturated rings. The minimum absolute atomic E-state index is 0.000369. The van der Waals surface area contributed by atoms with E-state index in [2.05, 4.69) is 4.74 Å². The Kier molecular flexibility index (Phi) is 6.37. The first-order chi connectivity index (χ1) is 9.45. The predicted molar refractivity (Wildman–Crippen MR) is 67.4 cm³/mol. The van der Waals surface area contributed by atoms with Gasteiger partial charge in [0.05, 0.1) is 5.92 Å². The largest absolute Gasteiger partial charge is 0.463 e. The molecule has 0 radical (unpaired) electrons. The van der Waals surface area contributed by atoms with Gasteiger partial charge < -0.3 is 24.8 Å². The molecule has 3 N–H and O–H groups in total. The van der Waals surface area contributed by atoms with Gasteiger partial charge in [-0.3, -0.25) is 0 Å². The molecular weight excluding hydrogens is 268 g/mol. The molecule has 0 amide bonds. The molecule has 4 atom stereocenters. The first kappa shape index (κ1) is 16.4. The van der Waals surface area contributed by atoms with Gasteiger partial charge in [0.1, 0.15) is 25.4 Å². The molecule has 20 heavy (non-hydrogen) atoms. The molecule has 0 aromatic carbocycles. The number of allylic oxidation sites excluding steroid dienone is 1. The van der Waals surface area contributed by atoms with Crippen LogP contribution in [0.1, 0.15) is 6.92 Å². The lowest BCUT2D eigenvalue weighted by atomic mass is 10.1. The fourth-order valence-electron chi connectivity index (χ4n) is 1.54. The maximum absolute atomic E-state index is 11.3. The number of esters is 2. The number of carbonyl (C=O) groups excluding carboxylic acids is 2. The van der Waals surface area contributed by atoms with Crippen LogP contribution in [-0.2, 0) is 19.1 Å². The molecule has 1 aliphatic rings. The molecule has 1 saturated heterocycles. The third kappa shape index (κ3) is 4.76. The van der Waals surface area contributed by atoms with Crippen molar-refractivity contribution in [3.8, 4) is 0 Å². The van der Waals surface area contributed by atoms with Crippen LogP contribution in [0.2, 0.25) is 0 Å². The normalized spacial score (nSPS) is 25.9. The third-order valence-electron chi connectivity index (χ3n) is 2.74. The van der Waals surface area contributed by atoms with E-state index in [0.717, 1.165) is 12.2 Å². The van der Waals surface area contributed by atoms with Crippen LogP contribution in [-0.4, -0.2) is 58.8 Å². The summed E-state index contributed by atoms with van der Waals surface area (Å²) >= 11 is 0. The molecule has 7 heteroatoms. The van der Waals surface area contributed by atoms with Gasteiger partial charge in [-0.15, -0.1) is 0 Å². The first-order valence-electron chi connectivity index (χ1n) is 6.14. The monoisotopic (exact) mass is 286 g/mol. The van der Waals surface area contributed by atoms with E-state index in [9.17, 15) is 24.9 Å². The quantitative estimate of drug-likeness (QED) is 0.323. The van der Waals surface area contributed by atoms with Gasteiger partial charge in [0.2, 0.25) is 0 Å². The highest BCUT2D eigenvalue weighted by atomic mass is 16.6. The first-order valence-corrected chi connectivity index (χ1v) is 6.14. The number of carbonyl (C=O) groups is 2. The zero-order valence-corrected chi connectivity index (χ0v) is 11.0. The lowest BCUT2D eigenvalue weighted by Gasteiger charge is -2.11. The molecule has 0 spiro atoms. The summed E-state index contributed by atoms with van der Waals surface area (Å²) in [5.74, 6) is -2.06. The zero-order valence-electron chi connectivity index (χ0n) is 11.0. The van der Waals surface area contributed by atoms with Crippen molar-refractivity contribution in [1.82, 2.24) is 0 Å². The van der Waals surface area contributed by atoms with Gasteiger partial charge in [0.25, 0.3) is 0 Å². The highest BCUT2D eigenvalue weighted by Gasteiger charge is 2.35. The minimum atomic E-state index is -1.28. The zero-order chi connectivity index (χ0) is 15.1. The van der Waals surface area contributed by atoms with Gasteiger partial charge in [0.15, 0.2) is 6.10 Å². The average molecular weight is 286 g/mol. The van der Waals surface area contributed by atoms with Crippen LogP contribution >= 0.6 is 0 Å². The summed E-state index contributed by atoms with van der Waals surface area (Å²) in [5, 5.41) is 28.2. The van der Waals surface area contributed by atoms with Gasteiger partial charge in [-0.1, -0.05) is 12.2 Å². The van der Waals surface area contributed by atoms with Crippen LogP contribution in [0.4, 0.5) is 0 Å². The van der Waals surface area contributed by atoms with E-state index in [1.54, 1.807) is 13.0 Å². The molecule has 0 aromatic rings. The number of aliphatic hydroxyl groups excluding tert-OH is 3. The summed E-state index contributed by atoms with van der Waals surface area (Å²) in [5.41, 5.74) is 0. The summed E-state index contributed by atoms with van der Waals surface area (Å²) in [6, 6.07) is 0. The molecule has 1 aliphatic heterocycles. The summed E-state index contributed by atoms with van der Waals surface area (Å²) in [7, 11) is 0. The molecule has 112 valence electrons. The number of ether oxygens (including phenoxy) is 2. The van der Waals surface area contributed by atoms with E-state index in [0.29, 0.717) is 0 Å². The number of hydrogen-bond acceptors (Lipinski definition) is 7. The van der Waals surface area contributed by atoms with E-state index in [1.165, 1.54) is 6.08 Å². The van der Waals surface area contributed by atoms with Crippen LogP contribution in [0.15, 0.2) is 24.3 Å². The number of rotatable bonds is 6. The van der Waals surface area contributed by atoms with Crippen LogP contribution in [0, 0.1) is 5.92 Å². The lowest BCUT2D eigenvalue weighted by Crippen LogP contribution is -2.26. The molecule has 0 bridgehead atoms. The van der Waals surface area contributed by atoms with Crippen molar-refractivity contribution < 1.29 is 34.4 Å². The molecule has 0 aromatic heterocycles. The Bertz CT molecular complexity index is 402. The summed E-state index contributed by atoms with van der Waals surface area (Å²) < 4.78 is 9.39. The van der Waals surface area contributed by atoms with Gasteiger partial charge in [-0.05, 0) is 13.0 Å². The van der Waals surface area contributed by atoms with Crippen molar-refractivity contribution >= 4 is 11.9 Å². The van der Waals surface area contributed by atoms with Crippen molar-refractivity contribution in [1.29, 1.82) is 0 Å². The van der Waals surface area contributed by atoms with Gasteiger partial charge in [-0.25, -0.2) is 9.59 Å². The maximum atomic E-state index is 11.3. The van der Waals surface area contributed by atoms with E-state index >= 15 is 0 Å². The van der Waals surface area contributed by atoms with Crippen LogP contribution in [0.3, 0.4) is 0 Å². The SMILES string of the molecule is C/C=C/[C@H](O)[C@H](O)/C=C/C(=O)OC[C@H]1COC(=O)[C@H]1O. The van der Waals surface area contributed by atoms with E-state index < -0.39 is 36.2 Å². The summed E-state index contributed by atoms with van der Waals surface area (Å²) in [4.78, 5) is 22.2.